The highest BCUT2D eigenvalue weighted by molar-refractivity contribution is 5.96. The SMILES string of the molecule is Cc1nn(-c2ccc(F)cc2)c(C)c1C(=O)OCC(=O)Nc1cc(F)ccc1F. The summed E-state index contributed by atoms with van der Waals surface area (Å²) in [5.74, 6) is -3.58. The molecule has 1 heterocycles. The second kappa shape index (κ2) is 8.17. The van der Waals surface area contributed by atoms with Crippen LogP contribution in [0.15, 0.2) is 42.5 Å². The minimum atomic E-state index is -0.830. The van der Waals surface area contributed by atoms with E-state index in [-0.39, 0.29) is 11.3 Å². The second-order valence-electron chi connectivity index (χ2n) is 6.18. The van der Waals surface area contributed by atoms with E-state index in [0.717, 1.165) is 18.2 Å². The lowest BCUT2D eigenvalue weighted by atomic mass is 10.2. The molecular weight excluding hydrogens is 387 g/mol. The topological polar surface area (TPSA) is 73.2 Å². The molecule has 3 rings (SSSR count). The molecule has 150 valence electrons. The van der Waals surface area contributed by atoms with Crippen LogP contribution < -0.4 is 5.32 Å². The summed E-state index contributed by atoms with van der Waals surface area (Å²) in [6.45, 7) is 2.52. The van der Waals surface area contributed by atoms with Crippen LogP contribution in [0, 0.1) is 31.3 Å². The molecule has 0 atom stereocenters. The van der Waals surface area contributed by atoms with Crippen molar-refractivity contribution in [3.63, 3.8) is 0 Å². The molecule has 1 N–H and O–H groups in total. The van der Waals surface area contributed by atoms with Crippen LogP contribution in [0.3, 0.4) is 0 Å². The number of esters is 1. The third-order valence-corrected chi connectivity index (χ3v) is 4.10. The molecule has 0 bridgehead atoms. The first-order valence-electron chi connectivity index (χ1n) is 8.50. The standard InChI is InChI=1S/C20H16F3N3O3/c1-11-19(12(2)26(25-11)15-6-3-13(21)4-7-15)20(28)29-10-18(27)24-17-9-14(22)5-8-16(17)23/h3-9H,10H2,1-2H3,(H,24,27). The average Bonchev–Trinajstić information content (AvgIpc) is 2.97. The van der Waals surface area contributed by atoms with E-state index in [1.165, 1.54) is 28.9 Å². The lowest BCUT2D eigenvalue weighted by molar-refractivity contribution is -0.119. The lowest BCUT2D eigenvalue weighted by Crippen LogP contribution is -2.22. The van der Waals surface area contributed by atoms with Gasteiger partial charge in [0, 0.05) is 6.07 Å². The Labute approximate surface area is 163 Å². The van der Waals surface area contributed by atoms with Gasteiger partial charge in [0.2, 0.25) is 0 Å². The highest BCUT2D eigenvalue weighted by Crippen LogP contribution is 2.19. The van der Waals surface area contributed by atoms with Crippen LogP contribution in [0.25, 0.3) is 5.69 Å². The van der Waals surface area contributed by atoms with Crippen molar-refractivity contribution in [3.8, 4) is 5.69 Å². The number of nitrogens with one attached hydrogen (secondary N) is 1. The van der Waals surface area contributed by atoms with Crippen molar-refractivity contribution in [1.29, 1.82) is 0 Å². The third kappa shape index (κ3) is 4.45. The second-order valence-corrected chi connectivity index (χ2v) is 6.18. The molecule has 1 amide bonds. The van der Waals surface area contributed by atoms with Gasteiger partial charge in [0.05, 0.1) is 22.8 Å². The lowest BCUT2D eigenvalue weighted by Gasteiger charge is -2.08. The largest absolute Gasteiger partial charge is 0.452 e. The van der Waals surface area contributed by atoms with Crippen molar-refractivity contribution in [2.75, 3.05) is 11.9 Å². The molecule has 6 nitrogen and oxygen atoms in total. The Bertz CT molecular complexity index is 1080. The van der Waals surface area contributed by atoms with Gasteiger partial charge in [0.15, 0.2) is 6.61 Å². The molecule has 0 saturated heterocycles. The molecule has 29 heavy (non-hydrogen) atoms. The monoisotopic (exact) mass is 403 g/mol. The van der Waals surface area contributed by atoms with Gasteiger partial charge in [0.1, 0.15) is 23.0 Å². The number of amides is 1. The quantitative estimate of drug-likeness (QED) is 0.660. The highest BCUT2D eigenvalue weighted by Gasteiger charge is 2.22. The molecule has 9 heteroatoms. The molecule has 0 spiro atoms. The molecule has 0 aliphatic heterocycles. The summed E-state index contributed by atoms with van der Waals surface area (Å²) in [5, 5.41) is 6.38. The minimum absolute atomic E-state index is 0.152. The van der Waals surface area contributed by atoms with E-state index in [0.29, 0.717) is 17.1 Å². The molecule has 0 radical (unpaired) electrons. The maximum atomic E-state index is 13.6. The van der Waals surface area contributed by atoms with E-state index in [4.69, 9.17) is 4.74 Å². The number of hydrogen-bond acceptors (Lipinski definition) is 4. The van der Waals surface area contributed by atoms with Gasteiger partial charge >= 0.3 is 5.97 Å². The first-order chi connectivity index (χ1) is 13.8. The Balaban J connectivity index is 1.70. The predicted molar refractivity (Wildman–Crippen MR) is 98.3 cm³/mol. The van der Waals surface area contributed by atoms with E-state index in [2.05, 4.69) is 10.4 Å². The smallest absolute Gasteiger partial charge is 0.342 e. The summed E-state index contributed by atoms with van der Waals surface area (Å²) < 4.78 is 46.3. The summed E-state index contributed by atoms with van der Waals surface area (Å²) in [6.07, 6.45) is 0. The molecular formula is C20H16F3N3O3. The van der Waals surface area contributed by atoms with Crippen molar-refractivity contribution >= 4 is 17.6 Å². The van der Waals surface area contributed by atoms with Crippen molar-refractivity contribution in [3.05, 3.63) is 76.9 Å². The number of anilines is 1. The number of nitrogens with zero attached hydrogens (tertiary/aromatic N) is 2. The first kappa shape index (κ1) is 20.1. The average molecular weight is 403 g/mol. The number of aromatic nitrogens is 2. The molecule has 3 aromatic rings. The summed E-state index contributed by atoms with van der Waals surface area (Å²) >= 11 is 0. The number of rotatable bonds is 5. The fraction of sp³-hybridized carbons (Fsp3) is 0.150. The van der Waals surface area contributed by atoms with Crippen LogP contribution in [0.2, 0.25) is 0 Å². The van der Waals surface area contributed by atoms with E-state index in [1.807, 2.05) is 0 Å². The normalized spacial score (nSPS) is 10.7. The van der Waals surface area contributed by atoms with Crippen LogP contribution in [0.5, 0.6) is 0 Å². The van der Waals surface area contributed by atoms with Crippen molar-refractivity contribution in [2.45, 2.75) is 13.8 Å². The van der Waals surface area contributed by atoms with Crippen LogP contribution in [0.4, 0.5) is 18.9 Å². The fourth-order valence-electron chi connectivity index (χ4n) is 2.75. The van der Waals surface area contributed by atoms with E-state index >= 15 is 0 Å². The number of benzene rings is 2. The molecule has 0 fully saturated rings. The number of hydrogen-bond donors (Lipinski definition) is 1. The summed E-state index contributed by atoms with van der Waals surface area (Å²) in [4.78, 5) is 24.3. The van der Waals surface area contributed by atoms with Gasteiger partial charge in [-0.3, -0.25) is 4.79 Å². The van der Waals surface area contributed by atoms with E-state index in [1.54, 1.807) is 13.8 Å². The summed E-state index contributed by atoms with van der Waals surface area (Å²) in [7, 11) is 0. The summed E-state index contributed by atoms with van der Waals surface area (Å²) in [5.41, 5.74) is 1.14. The molecule has 0 aliphatic rings. The zero-order valence-electron chi connectivity index (χ0n) is 15.5. The zero-order valence-corrected chi connectivity index (χ0v) is 15.5. The van der Waals surface area contributed by atoms with Crippen molar-refractivity contribution in [2.24, 2.45) is 0 Å². The molecule has 0 saturated carbocycles. The molecule has 0 unspecified atom stereocenters. The van der Waals surface area contributed by atoms with Crippen LogP contribution in [-0.4, -0.2) is 28.3 Å². The number of carbonyl (C=O) groups excluding carboxylic acids is 2. The summed E-state index contributed by atoms with van der Waals surface area (Å²) in [6, 6.07) is 8.13. The van der Waals surface area contributed by atoms with Gasteiger partial charge in [-0.15, -0.1) is 0 Å². The Morgan fingerprint density at radius 2 is 1.69 bits per heavy atom. The Hall–Kier alpha value is -3.62. The Morgan fingerprint density at radius 1 is 1.03 bits per heavy atom. The van der Waals surface area contributed by atoms with Crippen LogP contribution in [0.1, 0.15) is 21.7 Å². The maximum absolute atomic E-state index is 13.6. The van der Waals surface area contributed by atoms with Crippen molar-refractivity contribution in [1.82, 2.24) is 9.78 Å². The van der Waals surface area contributed by atoms with Crippen molar-refractivity contribution < 1.29 is 27.5 Å². The third-order valence-electron chi connectivity index (χ3n) is 4.10. The highest BCUT2D eigenvalue weighted by atomic mass is 19.1. The van der Waals surface area contributed by atoms with Gasteiger partial charge in [-0.25, -0.2) is 22.6 Å². The zero-order chi connectivity index (χ0) is 21.1. The number of carbonyl (C=O) groups is 2. The maximum Gasteiger partial charge on any atom is 0.342 e. The Morgan fingerprint density at radius 3 is 2.38 bits per heavy atom. The van der Waals surface area contributed by atoms with Crippen LogP contribution >= 0.6 is 0 Å². The number of halogens is 3. The Kier molecular flexibility index (Phi) is 5.67. The number of ether oxygens (including phenoxy) is 1. The van der Waals surface area contributed by atoms with E-state index < -0.39 is 35.9 Å². The molecule has 0 aliphatic carbocycles. The number of aryl methyl sites for hydroxylation is 1. The molecule has 2 aromatic carbocycles. The van der Waals surface area contributed by atoms with Gasteiger partial charge in [-0.05, 0) is 50.2 Å². The minimum Gasteiger partial charge on any atom is -0.452 e. The van der Waals surface area contributed by atoms with Gasteiger partial charge in [-0.1, -0.05) is 0 Å². The van der Waals surface area contributed by atoms with Gasteiger partial charge < -0.3 is 10.1 Å². The fourth-order valence-corrected chi connectivity index (χ4v) is 2.75. The van der Waals surface area contributed by atoms with Crippen LogP contribution in [-0.2, 0) is 9.53 Å². The first-order valence-corrected chi connectivity index (χ1v) is 8.50. The predicted octanol–water partition coefficient (Wildman–Crippen LogP) is 3.70. The molecule has 1 aromatic heterocycles. The van der Waals surface area contributed by atoms with Gasteiger partial charge in [0.25, 0.3) is 5.91 Å². The van der Waals surface area contributed by atoms with E-state index in [9.17, 15) is 22.8 Å². The van der Waals surface area contributed by atoms with Gasteiger partial charge in [-0.2, -0.15) is 5.10 Å².